The predicted molar refractivity (Wildman–Crippen MR) is 68.9 cm³/mol. The molecule has 0 radical (unpaired) electrons. The van der Waals surface area contributed by atoms with E-state index >= 15 is 0 Å². The molecule has 0 saturated carbocycles. The molecule has 0 spiro atoms. The van der Waals surface area contributed by atoms with Gasteiger partial charge in [-0.05, 0) is 19.8 Å². The van der Waals surface area contributed by atoms with Crippen LogP contribution in [0.1, 0.15) is 26.7 Å². The van der Waals surface area contributed by atoms with Gasteiger partial charge in [0.05, 0.1) is 18.1 Å². The van der Waals surface area contributed by atoms with Gasteiger partial charge < -0.3 is 20.1 Å². The zero-order valence-corrected chi connectivity index (χ0v) is 11.5. The van der Waals surface area contributed by atoms with Gasteiger partial charge in [0.15, 0.2) is 0 Å². The van der Waals surface area contributed by atoms with Gasteiger partial charge in [-0.1, -0.05) is 6.92 Å². The molecule has 2 heterocycles. The molecule has 19 heavy (non-hydrogen) atoms. The standard InChI is InChI=1S/C13H22N2O4/c1-9(11(16)17)10-6-15(7-10)12(18)14-13(2)4-3-5-19-8-13/h9-10H,3-8H2,1-2H3,(H,14,18)(H,16,17). The molecule has 0 aliphatic carbocycles. The number of rotatable bonds is 3. The van der Waals surface area contributed by atoms with Crippen LogP contribution in [0.25, 0.3) is 0 Å². The van der Waals surface area contributed by atoms with E-state index in [0.717, 1.165) is 19.4 Å². The molecule has 2 fully saturated rings. The fourth-order valence-corrected chi connectivity index (χ4v) is 2.57. The maximum absolute atomic E-state index is 12.0. The van der Waals surface area contributed by atoms with Gasteiger partial charge in [0, 0.05) is 25.6 Å². The fraction of sp³-hybridized carbons (Fsp3) is 0.846. The Balaban J connectivity index is 1.78. The van der Waals surface area contributed by atoms with Crippen LogP contribution in [-0.2, 0) is 9.53 Å². The second-order valence-corrected chi connectivity index (χ2v) is 5.94. The number of urea groups is 1. The van der Waals surface area contributed by atoms with Crippen molar-refractivity contribution in [1.29, 1.82) is 0 Å². The monoisotopic (exact) mass is 270 g/mol. The Bertz CT molecular complexity index is 360. The molecule has 2 saturated heterocycles. The van der Waals surface area contributed by atoms with Crippen LogP contribution in [0.5, 0.6) is 0 Å². The van der Waals surface area contributed by atoms with Crippen molar-refractivity contribution in [2.75, 3.05) is 26.3 Å². The summed E-state index contributed by atoms with van der Waals surface area (Å²) >= 11 is 0. The molecule has 2 amide bonds. The minimum Gasteiger partial charge on any atom is -0.481 e. The number of nitrogens with one attached hydrogen (secondary N) is 1. The minimum absolute atomic E-state index is 0.0682. The third-order valence-electron chi connectivity index (χ3n) is 4.14. The summed E-state index contributed by atoms with van der Waals surface area (Å²) in [6.45, 7) is 6.03. The summed E-state index contributed by atoms with van der Waals surface area (Å²) < 4.78 is 5.40. The largest absolute Gasteiger partial charge is 0.481 e. The number of carbonyl (C=O) groups excluding carboxylic acids is 1. The SMILES string of the molecule is CC(C(=O)O)C1CN(C(=O)NC2(C)CCCOC2)C1. The summed E-state index contributed by atoms with van der Waals surface area (Å²) in [4.78, 5) is 24.6. The van der Waals surface area contributed by atoms with E-state index in [0.29, 0.717) is 19.7 Å². The van der Waals surface area contributed by atoms with Crippen LogP contribution in [0.3, 0.4) is 0 Å². The molecule has 2 N–H and O–H groups in total. The molecular formula is C13H22N2O4. The van der Waals surface area contributed by atoms with Crippen molar-refractivity contribution in [3.8, 4) is 0 Å². The molecule has 2 atom stereocenters. The fourth-order valence-electron chi connectivity index (χ4n) is 2.57. The number of hydrogen-bond donors (Lipinski definition) is 2. The molecular weight excluding hydrogens is 248 g/mol. The summed E-state index contributed by atoms with van der Waals surface area (Å²) in [5.41, 5.74) is -0.293. The van der Waals surface area contributed by atoms with Crippen LogP contribution in [0, 0.1) is 11.8 Å². The van der Waals surface area contributed by atoms with E-state index < -0.39 is 11.9 Å². The first-order chi connectivity index (χ1) is 8.91. The maximum Gasteiger partial charge on any atom is 0.317 e. The van der Waals surface area contributed by atoms with E-state index in [1.807, 2.05) is 6.92 Å². The van der Waals surface area contributed by atoms with Crippen molar-refractivity contribution in [3.63, 3.8) is 0 Å². The van der Waals surface area contributed by atoms with Gasteiger partial charge in [0.25, 0.3) is 0 Å². The highest BCUT2D eigenvalue weighted by molar-refractivity contribution is 5.77. The van der Waals surface area contributed by atoms with Crippen molar-refractivity contribution in [1.82, 2.24) is 10.2 Å². The average Bonchev–Trinajstić information content (AvgIpc) is 2.26. The molecule has 0 aromatic carbocycles. The summed E-state index contributed by atoms with van der Waals surface area (Å²) in [6, 6.07) is -0.109. The van der Waals surface area contributed by atoms with Gasteiger partial charge >= 0.3 is 12.0 Å². The van der Waals surface area contributed by atoms with Crippen molar-refractivity contribution < 1.29 is 19.4 Å². The van der Waals surface area contributed by atoms with Crippen molar-refractivity contribution >= 4 is 12.0 Å². The number of likely N-dealkylation sites (tertiary alicyclic amines) is 1. The van der Waals surface area contributed by atoms with Gasteiger partial charge in [-0.25, -0.2) is 4.79 Å². The lowest BCUT2D eigenvalue weighted by Gasteiger charge is -2.43. The van der Waals surface area contributed by atoms with Gasteiger partial charge in [-0.2, -0.15) is 0 Å². The third kappa shape index (κ3) is 3.18. The lowest BCUT2D eigenvalue weighted by molar-refractivity contribution is -0.144. The minimum atomic E-state index is -0.794. The Labute approximate surface area is 113 Å². The number of ether oxygens (including phenoxy) is 1. The maximum atomic E-state index is 12.0. The Hall–Kier alpha value is -1.30. The number of hydrogen-bond acceptors (Lipinski definition) is 3. The molecule has 6 nitrogen and oxygen atoms in total. The van der Waals surface area contributed by atoms with E-state index in [1.165, 1.54) is 0 Å². The van der Waals surface area contributed by atoms with Crippen LogP contribution >= 0.6 is 0 Å². The number of nitrogens with zero attached hydrogens (tertiary/aromatic N) is 1. The highest BCUT2D eigenvalue weighted by Gasteiger charge is 2.39. The summed E-state index contributed by atoms with van der Waals surface area (Å²) in [7, 11) is 0. The Morgan fingerprint density at radius 3 is 2.68 bits per heavy atom. The van der Waals surface area contributed by atoms with Crippen molar-refractivity contribution in [2.24, 2.45) is 11.8 Å². The van der Waals surface area contributed by atoms with Crippen molar-refractivity contribution in [2.45, 2.75) is 32.2 Å². The molecule has 0 aromatic rings. The van der Waals surface area contributed by atoms with Gasteiger partial charge in [-0.15, -0.1) is 0 Å². The van der Waals surface area contributed by atoms with Crippen LogP contribution in [0.4, 0.5) is 4.79 Å². The van der Waals surface area contributed by atoms with Gasteiger partial charge in [-0.3, -0.25) is 4.79 Å². The molecule has 108 valence electrons. The second kappa shape index (κ2) is 5.36. The van der Waals surface area contributed by atoms with Crippen LogP contribution in [-0.4, -0.2) is 53.8 Å². The average molecular weight is 270 g/mol. The topological polar surface area (TPSA) is 78.9 Å². The van der Waals surface area contributed by atoms with Crippen molar-refractivity contribution in [3.05, 3.63) is 0 Å². The first-order valence-electron chi connectivity index (χ1n) is 6.79. The third-order valence-corrected chi connectivity index (χ3v) is 4.14. The highest BCUT2D eigenvalue weighted by Crippen LogP contribution is 2.25. The van der Waals surface area contributed by atoms with E-state index in [9.17, 15) is 9.59 Å². The number of aliphatic carboxylic acids is 1. The normalized spacial score (nSPS) is 29.5. The predicted octanol–water partition coefficient (Wildman–Crippen LogP) is 0.918. The quantitative estimate of drug-likeness (QED) is 0.799. The first kappa shape index (κ1) is 14.1. The Morgan fingerprint density at radius 2 is 2.16 bits per heavy atom. The lowest BCUT2D eigenvalue weighted by atomic mass is 9.87. The zero-order valence-electron chi connectivity index (χ0n) is 11.5. The first-order valence-corrected chi connectivity index (χ1v) is 6.79. The molecule has 2 aliphatic heterocycles. The van der Waals surface area contributed by atoms with Crippen LogP contribution < -0.4 is 5.32 Å². The molecule has 6 heteroatoms. The summed E-state index contributed by atoms with van der Waals surface area (Å²) in [5.74, 6) is -1.12. The number of amides is 2. The molecule has 2 aliphatic rings. The van der Waals surface area contributed by atoms with E-state index in [4.69, 9.17) is 9.84 Å². The molecule has 2 rings (SSSR count). The van der Waals surface area contributed by atoms with Gasteiger partial charge in [0.1, 0.15) is 0 Å². The zero-order chi connectivity index (χ0) is 14.0. The number of carbonyl (C=O) groups is 2. The number of carboxylic acid groups (broad SMARTS) is 1. The smallest absolute Gasteiger partial charge is 0.317 e. The summed E-state index contributed by atoms with van der Waals surface area (Å²) in [6.07, 6.45) is 1.87. The van der Waals surface area contributed by atoms with E-state index in [1.54, 1.807) is 11.8 Å². The molecule has 0 aromatic heterocycles. The Kier molecular flexibility index (Phi) is 3.99. The van der Waals surface area contributed by atoms with Crippen LogP contribution in [0.15, 0.2) is 0 Å². The molecule has 0 bridgehead atoms. The van der Waals surface area contributed by atoms with Gasteiger partial charge in [0.2, 0.25) is 0 Å². The Morgan fingerprint density at radius 1 is 1.47 bits per heavy atom. The van der Waals surface area contributed by atoms with E-state index in [2.05, 4.69) is 5.32 Å². The summed E-state index contributed by atoms with van der Waals surface area (Å²) in [5, 5.41) is 11.9. The number of carboxylic acids is 1. The van der Waals surface area contributed by atoms with E-state index in [-0.39, 0.29) is 17.5 Å². The lowest BCUT2D eigenvalue weighted by Crippen LogP contribution is -2.61. The second-order valence-electron chi connectivity index (χ2n) is 5.94. The molecule has 2 unspecified atom stereocenters. The van der Waals surface area contributed by atoms with Crippen LogP contribution in [0.2, 0.25) is 0 Å². The highest BCUT2D eigenvalue weighted by atomic mass is 16.5.